The highest BCUT2D eigenvalue weighted by atomic mass is 16.5. The molecule has 2 N–H and O–H groups in total. The summed E-state index contributed by atoms with van der Waals surface area (Å²) in [5.41, 5.74) is 1.13. The van der Waals surface area contributed by atoms with Crippen LogP contribution in [0.2, 0.25) is 0 Å². The summed E-state index contributed by atoms with van der Waals surface area (Å²) in [6, 6.07) is 9.97. The molecule has 0 unspecified atom stereocenters. The molecule has 1 atom stereocenters. The van der Waals surface area contributed by atoms with Crippen LogP contribution in [0.3, 0.4) is 0 Å². The molecule has 1 saturated heterocycles. The van der Waals surface area contributed by atoms with Gasteiger partial charge in [0.2, 0.25) is 11.8 Å². The van der Waals surface area contributed by atoms with Crippen molar-refractivity contribution in [3.8, 4) is 0 Å². The van der Waals surface area contributed by atoms with E-state index in [1.54, 1.807) is 0 Å². The molecule has 2 heterocycles. The molecular formula is C18H24N4O3. The average molecular weight is 344 g/mol. The zero-order valence-electron chi connectivity index (χ0n) is 14.2. The van der Waals surface area contributed by atoms with Crippen molar-refractivity contribution in [1.82, 2.24) is 20.4 Å². The quantitative estimate of drug-likeness (QED) is 0.771. The fraction of sp³-hybridized carbons (Fsp3) is 0.500. The van der Waals surface area contributed by atoms with Crippen LogP contribution in [0.15, 0.2) is 34.9 Å². The molecule has 1 aliphatic rings. The molecule has 1 aromatic carbocycles. The standard InChI is InChI=1S/C18H24N4O3/c23-15-7-4-10-22(12-15)13-17(24)19-9-8-18-20-16(21-25-18)11-14-5-2-1-3-6-14/h1-3,5-6,15,23H,4,7-13H2,(H,19,24)/t15-/m1/s1. The third-order valence-corrected chi connectivity index (χ3v) is 4.22. The third kappa shape index (κ3) is 5.65. The third-order valence-electron chi connectivity index (χ3n) is 4.22. The highest BCUT2D eigenvalue weighted by molar-refractivity contribution is 5.78. The number of aromatic nitrogens is 2. The first kappa shape index (κ1) is 17.6. The summed E-state index contributed by atoms with van der Waals surface area (Å²) >= 11 is 0. The average Bonchev–Trinajstić information content (AvgIpc) is 3.03. The molecule has 1 aromatic heterocycles. The first-order valence-electron chi connectivity index (χ1n) is 8.71. The molecule has 134 valence electrons. The van der Waals surface area contributed by atoms with Crippen molar-refractivity contribution >= 4 is 5.91 Å². The number of likely N-dealkylation sites (tertiary alicyclic amines) is 1. The number of carbonyl (C=O) groups is 1. The molecule has 0 radical (unpaired) electrons. The second-order valence-corrected chi connectivity index (χ2v) is 6.40. The topological polar surface area (TPSA) is 91.5 Å². The van der Waals surface area contributed by atoms with Gasteiger partial charge >= 0.3 is 0 Å². The smallest absolute Gasteiger partial charge is 0.234 e. The van der Waals surface area contributed by atoms with Gasteiger partial charge in [0.25, 0.3) is 0 Å². The first-order valence-corrected chi connectivity index (χ1v) is 8.71. The van der Waals surface area contributed by atoms with E-state index in [0.29, 0.717) is 44.2 Å². The predicted octanol–water partition coefficient (Wildman–Crippen LogP) is 0.776. The number of hydrogen-bond donors (Lipinski definition) is 2. The molecule has 3 rings (SSSR count). The van der Waals surface area contributed by atoms with E-state index in [-0.39, 0.29) is 12.0 Å². The number of piperidine rings is 1. The lowest BCUT2D eigenvalue weighted by Crippen LogP contribution is -2.44. The molecular weight excluding hydrogens is 320 g/mol. The summed E-state index contributed by atoms with van der Waals surface area (Å²) in [6.07, 6.45) is 2.58. The van der Waals surface area contributed by atoms with E-state index in [1.165, 1.54) is 0 Å². The van der Waals surface area contributed by atoms with Gasteiger partial charge in [0.15, 0.2) is 5.82 Å². The fourth-order valence-electron chi connectivity index (χ4n) is 2.98. The Labute approximate surface area is 147 Å². The number of carbonyl (C=O) groups excluding carboxylic acids is 1. The minimum Gasteiger partial charge on any atom is -0.392 e. The Morgan fingerprint density at radius 1 is 1.36 bits per heavy atom. The molecule has 1 fully saturated rings. The summed E-state index contributed by atoms with van der Waals surface area (Å²) in [5, 5.41) is 16.5. The van der Waals surface area contributed by atoms with Crippen molar-refractivity contribution in [2.45, 2.75) is 31.8 Å². The van der Waals surface area contributed by atoms with E-state index in [9.17, 15) is 9.90 Å². The first-order chi connectivity index (χ1) is 12.2. The van der Waals surface area contributed by atoms with Crippen molar-refractivity contribution in [3.63, 3.8) is 0 Å². The Bertz CT molecular complexity index is 674. The van der Waals surface area contributed by atoms with E-state index in [2.05, 4.69) is 15.5 Å². The highest BCUT2D eigenvalue weighted by Gasteiger charge is 2.19. The minimum absolute atomic E-state index is 0.0434. The zero-order chi connectivity index (χ0) is 17.5. The van der Waals surface area contributed by atoms with E-state index >= 15 is 0 Å². The normalized spacial score (nSPS) is 18.2. The molecule has 0 saturated carbocycles. The lowest BCUT2D eigenvalue weighted by Gasteiger charge is -2.29. The van der Waals surface area contributed by atoms with Crippen LogP contribution in [0, 0.1) is 0 Å². The molecule has 0 aliphatic carbocycles. The number of nitrogens with zero attached hydrogens (tertiary/aromatic N) is 3. The van der Waals surface area contributed by atoms with Gasteiger partial charge in [0, 0.05) is 25.9 Å². The highest BCUT2D eigenvalue weighted by Crippen LogP contribution is 2.09. The number of β-amino-alcohol motifs (C(OH)–C–C–N with tert-alkyl or cyclic N) is 1. The van der Waals surface area contributed by atoms with Gasteiger partial charge in [-0.3, -0.25) is 9.69 Å². The summed E-state index contributed by atoms with van der Waals surface area (Å²) in [7, 11) is 0. The van der Waals surface area contributed by atoms with Crippen molar-refractivity contribution in [2.75, 3.05) is 26.2 Å². The Kier molecular flexibility index (Phi) is 6.14. The van der Waals surface area contributed by atoms with E-state index in [0.717, 1.165) is 24.9 Å². The van der Waals surface area contributed by atoms with Crippen LogP contribution in [0.25, 0.3) is 0 Å². The Hall–Kier alpha value is -2.25. The molecule has 2 aromatic rings. The summed E-state index contributed by atoms with van der Waals surface area (Å²) in [6.45, 7) is 2.21. The lowest BCUT2D eigenvalue weighted by molar-refractivity contribution is -0.122. The van der Waals surface area contributed by atoms with Crippen LogP contribution < -0.4 is 5.32 Å². The van der Waals surface area contributed by atoms with Crippen LogP contribution in [0.5, 0.6) is 0 Å². The van der Waals surface area contributed by atoms with E-state index < -0.39 is 0 Å². The van der Waals surface area contributed by atoms with E-state index in [1.807, 2.05) is 35.2 Å². The van der Waals surface area contributed by atoms with Crippen LogP contribution >= 0.6 is 0 Å². The number of aliphatic hydroxyl groups is 1. The molecule has 7 nitrogen and oxygen atoms in total. The van der Waals surface area contributed by atoms with Gasteiger partial charge in [-0.25, -0.2) is 0 Å². The van der Waals surface area contributed by atoms with Gasteiger partial charge < -0.3 is 14.9 Å². The zero-order valence-corrected chi connectivity index (χ0v) is 14.2. The van der Waals surface area contributed by atoms with Gasteiger partial charge in [-0.2, -0.15) is 4.98 Å². The minimum atomic E-state index is -0.317. The molecule has 7 heteroatoms. The summed E-state index contributed by atoms with van der Waals surface area (Å²) < 4.78 is 5.23. The molecule has 25 heavy (non-hydrogen) atoms. The molecule has 1 amide bonds. The van der Waals surface area contributed by atoms with Crippen LogP contribution in [-0.2, 0) is 17.6 Å². The Morgan fingerprint density at radius 2 is 2.20 bits per heavy atom. The lowest BCUT2D eigenvalue weighted by atomic mass is 10.1. The summed E-state index contributed by atoms with van der Waals surface area (Å²) in [5.74, 6) is 1.13. The van der Waals surface area contributed by atoms with Crippen LogP contribution in [0.1, 0.15) is 30.1 Å². The summed E-state index contributed by atoms with van der Waals surface area (Å²) in [4.78, 5) is 18.3. The second kappa shape index (κ2) is 8.73. The van der Waals surface area contributed by atoms with Crippen molar-refractivity contribution in [2.24, 2.45) is 0 Å². The van der Waals surface area contributed by atoms with E-state index in [4.69, 9.17) is 4.52 Å². The molecule has 0 bridgehead atoms. The van der Waals surface area contributed by atoms with Crippen molar-refractivity contribution < 1.29 is 14.4 Å². The van der Waals surface area contributed by atoms with Gasteiger partial charge in [-0.15, -0.1) is 0 Å². The monoisotopic (exact) mass is 344 g/mol. The number of hydrogen-bond acceptors (Lipinski definition) is 6. The second-order valence-electron chi connectivity index (χ2n) is 6.40. The fourth-order valence-corrected chi connectivity index (χ4v) is 2.98. The number of nitrogens with one attached hydrogen (secondary N) is 1. The predicted molar refractivity (Wildman–Crippen MR) is 91.9 cm³/mol. The largest absolute Gasteiger partial charge is 0.392 e. The van der Waals surface area contributed by atoms with Gasteiger partial charge in [-0.05, 0) is 24.9 Å². The van der Waals surface area contributed by atoms with Crippen LogP contribution in [0.4, 0.5) is 0 Å². The Morgan fingerprint density at radius 3 is 3.00 bits per heavy atom. The van der Waals surface area contributed by atoms with Crippen molar-refractivity contribution in [1.29, 1.82) is 0 Å². The van der Waals surface area contributed by atoms with Crippen molar-refractivity contribution in [3.05, 3.63) is 47.6 Å². The molecule has 1 aliphatic heterocycles. The number of aliphatic hydroxyl groups excluding tert-OH is 1. The maximum atomic E-state index is 12.0. The number of benzene rings is 1. The Balaban J connectivity index is 1.38. The molecule has 0 spiro atoms. The van der Waals surface area contributed by atoms with Gasteiger partial charge in [0.1, 0.15) is 0 Å². The van der Waals surface area contributed by atoms with Crippen LogP contribution in [-0.4, -0.2) is 58.3 Å². The SMILES string of the molecule is O=C(CN1CCC[C@@H](O)C1)NCCc1nc(Cc2ccccc2)no1. The number of amides is 1. The maximum Gasteiger partial charge on any atom is 0.234 e. The van der Waals surface area contributed by atoms with Gasteiger partial charge in [0.05, 0.1) is 12.6 Å². The maximum absolute atomic E-state index is 12.0. The van der Waals surface area contributed by atoms with Gasteiger partial charge in [-0.1, -0.05) is 35.5 Å². The number of rotatable bonds is 7.